The zero-order valence-corrected chi connectivity index (χ0v) is 14.2. The molecule has 2 aliphatic rings. The number of carbonyl (C=O) groups is 1. The number of aromatic nitrogens is 1. The number of nitrogens with one attached hydrogen (secondary N) is 1. The van der Waals surface area contributed by atoms with E-state index in [0.29, 0.717) is 12.5 Å². The highest BCUT2D eigenvalue weighted by Crippen LogP contribution is 2.47. The zero-order valence-electron chi connectivity index (χ0n) is 14.2. The maximum absolute atomic E-state index is 12.5. The Kier molecular flexibility index (Phi) is 4.65. The molecule has 5 nitrogen and oxygen atoms in total. The van der Waals surface area contributed by atoms with E-state index in [1.54, 1.807) is 0 Å². The number of benzene rings is 1. The first-order chi connectivity index (χ1) is 12.3. The molecule has 1 aromatic heterocycles. The second-order valence-electron chi connectivity index (χ2n) is 6.66. The van der Waals surface area contributed by atoms with Crippen LogP contribution in [-0.2, 0) is 16.1 Å². The van der Waals surface area contributed by atoms with Gasteiger partial charge in [-0.05, 0) is 24.0 Å². The lowest BCUT2D eigenvalue weighted by Crippen LogP contribution is -2.38. The Bertz CT molecular complexity index is 729. The van der Waals surface area contributed by atoms with E-state index in [1.807, 2.05) is 36.5 Å². The average molecular weight is 337 g/mol. The fourth-order valence-electron chi connectivity index (χ4n) is 3.49. The lowest BCUT2D eigenvalue weighted by atomic mass is 10.1. The van der Waals surface area contributed by atoms with Crippen molar-refractivity contribution >= 4 is 11.7 Å². The van der Waals surface area contributed by atoms with Crippen LogP contribution >= 0.6 is 0 Å². The van der Waals surface area contributed by atoms with Gasteiger partial charge in [0.15, 0.2) is 0 Å². The Balaban J connectivity index is 1.37. The first-order valence-corrected chi connectivity index (χ1v) is 8.92. The minimum atomic E-state index is 0.103. The lowest BCUT2D eigenvalue weighted by Gasteiger charge is -2.29. The van der Waals surface area contributed by atoms with E-state index in [0.717, 1.165) is 44.1 Å². The summed E-state index contributed by atoms with van der Waals surface area (Å²) in [7, 11) is 0. The summed E-state index contributed by atoms with van der Waals surface area (Å²) in [4.78, 5) is 19.2. The summed E-state index contributed by atoms with van der Waals surface area (Å²) in [5.41, 5.74) is 2.33. The Morgan fingerprint density at radius 1 is 1.16 bits per heavy atom. The van der Waals surface area contributed by atoms with Gasteiger partial charge in [-0.1, -0.05) is 36.4 Å². The molecule has 4 rings (SSSR count). The molecule has 1 aliphatic heterocycles. The van der Waals surface area contributed by atoms with Gasteiger partial charge in [0, 0.05) is 37.3 Å². The van der Waals surface area contributed by atoms with Crippen LogP contribution in [0.25, 0.3) is 0 Å². The molecular formula is C20H23N3O2. The van der Waals surface area contributed by atoms with Crippen molar-refractivity contribution in [2.45, 2.75) is 18.9 Å². The maximum Gasteiger partial charge on any atom is 0.224 e. The molecule has 130 valence electrons. The summed E-state index contributed by atoms with van der Waals surface area (Å²) in [6.45, 7) is 3.66. The second kappa shape index (κ2) is 7.23. The van der Waals surface area contributed by atoms with Gasteiger partial charge in [-0.2, -0.15) is 0 Å². The number of pyridine rings is 1. The standard InChI is InChI=1S/C20H23N3O2/c24-20(18-13-17(18)15-5-2-1-3-6-15)22-14-16-7-4-8-21-19(16)23-9-11-25-12-10-23/h1-8,17-18H,9-14H2,(H,22,24)/t17-,18-/m0/s1. The third-order valence-electron chi connectivity index (χ3n) is 4.99. The van der Waals surface area contributed by atoms with Crippen LogP contribution in [-0.4, -0.2) is 37.2 Å². The predicted octanol–water partition coefficient (Wildman–Crippen LogP) is 2.34. The molecule has 1 saturated carbocycles. The van der Waals surface area contributed by atoms with Gasteiger partial charge in [-0.3, -0.25) is 4.79 Å². The molecule has 1 aromatic carbocycles. The number of amides is 1. The highest BCUT2D eigenvalue weighted by molar-refractivity contribution is 5.83. The summed E-state index contributed by atoms with van der Waals surface area (Å²) in [6, 6.07) is 14.3. The molecule has 1 aliphatic carbocycles. The van der Waals surface area contributed by atoms with Gasteiger partial charge in [-0.25, -0.2) is 4.98 Å². The van der Waals surface area contributed by atoms with Crippen LogP contribution in [0.1, 0.15) is 23.5 Å². The van der Waals surface area contributed by atoms with Crippen LogP contribution in [0.2, 0.25) is 0 Å². The number of ether oxygens (including phenoxy) is 1. The SMILES string of the molecule is O=C(NCc1cccnc1N1CCOCC1)[C@H]1C[C@H]1c1ccccc1. The second-order valence-corrected chi connectivity index (χ2v) is 6.66. The number of morpholine rings is 1. The Labute approximate surface area is 148 Å². The van der Waals surface area contributed by atoms with Crippen molar-refractivity contribution in [2.75, 3.05) is 31.2 Å². The molecule has 0 bridgehead atoms. The fraction of sp³-hybridized carbons (Fsp3) is 0.400. The van der Waals surface area contributed by atoms with E-state index in [2.05, 4.69) is 27.3 Å². The van der Waals surface area contributed by atoms with E-state index in [9.17, 15) is 4.79 Å². The van der Waals surface area contributed by atoms with Crippen LogP contribution in [0.15, 0.2) is 48.7 Å². The molecule has 0 spiro atoms. The molecule has 5 heteroatoms. The van der Waals surface area contributed by atoms with Gasteiger partial charge in [0.2, 0.25) is 5.91 Å². The molecule has 0 unspecified atom stereocenters. The third-order valence-corrected chi connectivity index (χ3v) is 4.99. The van der Waals surface area contributed by atoms with Crippen LogP contribution in [0, 0.1) is 5.92 Å². The number of anilines is 1. The molecule has 2 aromatic rings. The van der Waals surface area contributed by atoms with Gasteiger partial charge in [0.1, 0.15) is 5.82 Å². The summed E-state index contributed by atoms with van der Waals surface area (Å²) in [5.74, 6) is 1.58. The number of nitrogens with zero attached hydrogens (tertiary/aromatic N) is 2. The van der Waals surface area contributed by atoms with E-state index in [-0.39, 0.29) is 11.8 Å². The molecule has 2 fully saturated rings. The Morgan fingerprint density at radius 2 is 1.96 bits per heavy atom. The van der Waals surface area contributed by atoms with Crippen LogP contribution in [0.5, 0.6) is 0 Å². The van der Waals surface area contributed by atoms with E-state index in [4.69, 9.17) is 4.74 Å². The molecule has 25 heavy (non-hydrogen) atoms. The van der Waals surface area contributed by atoms with Crippen molar-refractivity contribution in [1.29, 1.82) is 0 Å². The van der Waals surface area contributed by atoms with E-state index in [1.165, 1.54) is 5.56 Å². The first kappa shape index (κ1) is 16.1. The normalized spacial score (nSPS) is 22.5. The molecule has 2 atom stereocenters. The van der Waals surface area contributed by atoms with Crippen molar-refractivity contribution in [1.82, 2.24) is 10.3 Å². The Hall–Kier alpha value is -2.40. The van der Waals surface area contributed by atoms with E-state index >= 15 is 0 Å². The van der Waals surface area contributed by atoms with Crippen molar-refractivity contribution in [3.63, 3.8) is 0 Å². The maximum atomic E-state index is 12.5. The van der Waals surface area contributed by atoms with Gasteiger partial charge in [0.25, 0.3) is 0 Å². The summed E-state index contributed by atoms with van der Waals surface area (Å²) >= 11 is 0. The molecule has 1 saturated heterocycles. The summed E-state index contributed by atoms with van der Waals surface area (Å²) in [5, 5.41) is 3.10. The molecular weight excluding hydrogens is 314 g/mol. The number of rotatable bonds is 5. The topological polar surface area (TPSA) is 54.5 Å². The number of carbonyl (C=O) groups excluding carboxylic acids is 1. The van der Waals surface area contributed by atoms with Crippen molar-refractivity contribution in [3.8, 4) is 0 Å². The fourth-order valence-corrected chi connectivity index (χ4v) is 3.49. The van der Waals surface area contributed by atoms with Gasteiger partial charge >= 0.3 is 0 Å². The molecule has 0 radical (unpaired) electrons. The van der Waals surface area contributed by atoms with E-state index < -0.39 is 0 Å². The lowest BCUT2D eigenvalue weighted by molar-refractivity contribution is -0.122. The van der Waals surface area contributed by atoms with Gasteiger partial charge in [0.05, 0.1) is 13.2 Å². The average Bonchev–Trinajstić information content (AvgIpc) is 3.49. The number of hydrogen-bond donors (Lipinski definition) is 1. The van der Waals surface area contributed by atoms with Crippen molar-refractivity contribution < 1.29 is 9.53 Å². The first-order valence-electron chi connectivity index (χ1n) is 8.92. The van der Waals surface area contributed by atoms with Crippen LogP contribution in [0.4, 0.5) is 5.82 Å². The predicted molar refractivity (Wildman–Crippen MR) is 96.4 cm³/mol. The minimum Gasteiger partial charge on any atom is -0.378 e. The molecule has 1 N–H and O–H groups in total. The highest BCUT2D eigenvalue weighted by Gasteiger charge is 2.43. The number of hydrogen-bond acceptors (Lipinski definition) is 4. The van der Waals surface area contributed by atoms with Gasteiger partial charge < -0.3 is 15.0 Å². The van der Waals surface area contributed by atoms with Crippen LogP contribution < -0.4 is 10.2 Å². The van der Waals surface area contributed by atoms with Gasteiger partial charge in [-0.15, -0.1) is 0 Å². The summed E-state index contributed by atoms with van der Waals surface area (Å²) < 4.78 is 5.41. The zero-order chi connectivity index (χ0) is 17.1. The monoisotopic (exact) mass is 337 g/mol. The largest absolute Gasteiger partial charge is 0.378 e. The summed E-state index contributed by atoms with van der Waals surface area (Å²) in [6.07, 6.45) is 2.75. The van der Waals surface area contributed by atoms with Crippen LogP contribution in [0.3, 0.4) is 0 Å². The third kappa shape index (κ3) is 3.66. The van der Waals surface area contributed by atoms with Crippen molar-refractivity contribution in [3.05, 3.63) is 59.8 Å². The Morgan fingerprint density at radius 3 is 2.76 bits per heavy atom. The molecule has 2 heterocycles. The highest BCUT2D eigenvalue weighted by atomic mass is 16.5. The molecule has 1 amide bonds. The van der Waals surface area contributed by atoms with Crippen molar-refractivity contribution in [2.24, 2.45) is 5.92 Å². The quantitative estimate of drug-likeness (QED) is 0.910. The minimum absolute atomic E-state index is 0.103. The smallest absolute Gasteiger partial charge is 0.224 e.